The molecule has 2 aliphatic heterocycles. The van der Waals surface area contributed by atoms with E-state index in [1.807, 2.05) is 13.8 Å². The van der Waals surface area contributed by atoms with Crippen LogP contribution in [-0.2, 0) is 30.6 Å². The fourth-order valence-electron chi connectivity index (χ4n) is 6.66. The Morgan fingerprint density at radius 2 is 1.57 bits per heavy atom. The van der Waals surface area contributed by atoms with Gasteiger partial charge >= 0.3 is 5.97 Å². The minimum Gasteiger partial charge on any atom is -0.493 e. The maximum atomic E-state index is 11.9. The number of carboxylic acid groups (broad SMARTS) is 1. The van der Waals surface area contributed by atoms with E-state index in [-0.39, 0.29) is 6.42 Å². The monoisotopic (exact) mass is 551 g/mol. The first kappa shape index (κ1) is 32.1. The smallest absolute Gasteiger partial charge is 0.307 e. The third-order valence-corrected chi connectivity index (χ3v) is 8.48. The van der Waals surface area contributed by atoms with Gasteiger partial charge in [0.25, 0.3) is 0 Å². The zero-order valence-electron chi connectivity index (χ0n) is 26.4. The van der Waals surface area contributed by atoms with E-state index in [2.05, 4.69) is 37.8 Å². The van der Waals surface area contributed by atoms with Crippen molar-refractivity contribution in [1.29, 1.82) is 0 Å². The molecule has 0 spiro atoms. The van der Waals surface area contributed by atoms with Gasteiger partial charge in [-0.25, -0.2) is 0 Å². The van der Waals surface area contributed by atoms with Gasteiger partial charge in [0.2, 0.25) is 0 Å². The van der Waals surface area contributed by atoms with Crippen molar-refractivity contribution < 1.29 is 19.7 Å². The molecule has 222 valence electrons. The van der Waals surface area contributed by atoms with Crippen molar-refractivity contribution in [2.45, 2.75) is 131 Å². The summed E-state index contributed by atoms with van der Waals surface area (Å²) < 4.78 is 5.91. The van der Waals surface area contributed by atoms with Gasteiger partial charge in [-0.05, 0) is 130 Å². The summed E-state index contributed by atoms with van der Waals surface area (Å²) >= 11 is 0. The maximum absolute atomic E-state index is 11.9. The Morgan fingerprint density at radius 3 is 2.20 bits per heavy atom. The van der Waals surface area contributed by atoms with Gasteiger partial charge in [-0.15, -0.1) is 0 Å². The van der Waals surface area contributed by atoms with Crippen molar-refractivity contribution >= 4 is 5.97 Å². The molecule has 5 heteroatoms. The van der Waals surface area contributed by atoms with E-state index in [4.69, 9.17) is 9.84 Å². The van der Waals surface area contributed by atoms with Crippen LogP contribution in [0, 0.1) is 20.8 Å². The quantitative estimate of drug-likeness (QED) is 0.407. The molecular weight excluding hydrogens is 498 g/mol. The Morgan fingerprint density at radius 1 is 0.925 bits per heavy atom. The summed E-state index contributed by atoms with van der Waals surface area (Å²) in [5.74, 6) is 0.246. The maximum Gasteiger partial charge on any atom is 0.307 e. The highest BCUT2D eigenvalue weighted by Gasteiger charge is 2.30. The van der Waals surface area contributed by atoms with Crippen LogP contribution >= 0.6 is 0 Å². The van der Waals surface area contributed by atoms with E-state index in [9.17, 15) is 9.90 Å². The van der Waals surface area contributed by atoms with E-state index in [1.165, 1.54) is 71.0 Å². The molecule has 5 rings (SSSR count). The number of ether oxygens (including phenoxy) is 1. The lowest BCUT2D eigenvalue weighted by Crippen LogP contribution is -2.41. The van der Waals surface area contributed by atoms with Crippen molar-refractivity contribution in [2.24, 2.45) is 0 Å². The van der Waals surface area contributed by atoms with Crippen LogP contribution in [0.5, 0.6) is 5.75 Å². The van der Waals surface area contributed by atoms with E-state index < -0.39 is 11.6 Å². The van der Waals surface area contributed by atoms with Gasteiger partial charge in [0.1, 0.15) is 5.75 Å². The molecule has 3 aliphatic rings. The molecule has 0 bridgehead atoms. The van der Waals surface area contributed by atoms with Gasteiger partial charge in [-0.2, -0.15) is 0 Å². The van der Waals surface area contributed by atoms with Crippen LogP contribution in [0.2, 0.25) is 0 Å². The average Bonchev–Trinajstić information content (AvgIpc) is 2.93. The lowest BCUT2D eigenvalue weighted by Gasteiger charge is -2.39. The summed E-state index contributed by atoms with van der Waals surface area (Å²) in [5, 5.41) is 18.3. The summed E-state index contributed by atoms with van der Waals surface area (Å²) in [7, 11) is 0. The molecule has 1 aliphatic carbocycles. The molecule has 5 nitrogen and oxygen atoms in total. The summed E-state index contributed by atoms with van der Waals surface area (Å²) in [6, 6.07) is 4.97. The van der Waals surface area contributed by atoms with Gasteiger partial charge in [-0.1, -0.05) is 39.2 Å². The number of benzene rings is 2. The molecule has 2 aromatic rings. The highest BCUT2D eigenvalue weighted by molar-refractivity contribution is 5.83. The largest absolute Gasteiger partial charge is 0.493 e. The summed E-state index contributed by atoms with van der Waals surface area (Å²) in [5.41, 5.74) is 10.7. The number of hydrogen-bond donors (Lipinski definition) is 2. The number of fused-ring (bicyclic) bond motifs is 2. The predicted octanol–water partition coefficient (Wildman–Crippen LogP) is 7.73. The Kier molecular flexibility index (Phi) is 11.3. The van der Waals surface area contributed by atoms with Gasteiger partial charge in [-0.3, -0.25) is 9.69 Å². The van der Waals surface area contributed by atoms with Crippen molar-refractivity contribution in [2.75, 3.05) is 13.2 Å². The average molecular weight is 552 g/mol. The molecular formula is C35H53NO4. The molecule has 2 aromatic carbocycles. The molecule has 0 radical (unpaired) electrons. The molecule has 0 amide bonds. The normalized spacial score (nSPS) is 17.3. The number of carbonyl (C=O) groups is 1. The highest BCUT2D eigenvalue weighted by Crippen LogP contribution is 2.42. The number of rotatable bonds is 4. The van der Waals surface area contributed by atoms with Crippen molar-refractivity contribution in [3.8, 4) is 16.9 Å². The fourth-order valence-corrected chi connectivity index (χ4v) is 6.66. The van der Waals surface area contributed by atoms with Gasteiger partial charge in [0.05, 0.1) is 18.6 Å². The van der Waals surface area contributed by atoms with E-state index in [1.54, 1.807) is 20.8 Å². The molecule has 40 heavy (non-hydrogen) atoms. The summed E-state index contributed by atoms with van der Waals surface area (Å²) in [6.07, 6.45) is 9.90. The highest BCUT2D eigenvalue weighted by atomic mass is 16.5. The predicted molar refractivity (Wildman–Crippen MR) is 166 cm³/mol. The first-order chi connectivity index (χ1) is 19.0. The second-order valence-electron chi connectivity index (χ2n) is 12.5. The second kappa shape index (κ2) is 14.0. The molecule has 2 N–H and O–H groups in total. The topological polar surface area (TPSA) is 70.0 Å². The van der Waals surface area contributed by atoms with Crippen LogP contribution in [0.15, 0.2) is 12.1 Å². The Labute approximate surface area is 242 Å². The standard InChI is InChI=1S/C29H37NO3.C4H10O.C2H6/c1-18-22-13-14-30(21-8-5-4-6-9-21)17-26(22)20(3)29(25(18)16-28(31)32)24-11-12-27-23(19(24)2)10-7-15-33-27;1-4(2,3)5;1-2/h11-12,21H,4-10,13-17H2,1-3H3,(H,31,32);5H,1-3H3;1-2H3. The van der Waals surface area contributed by atoms with E-state index in [0.717, 1.165) is 55.8 Å². The minimum atomic E-state index is -0.753. The first-order valence-electron chi connectivity index (χ1n) is 15.5. The molecule has 1 saturated carbocycles. The Bertz CT molecular complexity index is 1170. The van der Waals surface area contributed by atoms with Crippen LogP contribution in [0.1, 0.15) is 112 Å². The van der Waals surface area contributed by atoms with Crippen molar-refractivity contribution in [3.05, 3.63) is 51.1 Å². The van der Waals surface area contributed by atoms with Crippen LogP contribution in [0.25, 0.3) is 11.1 Å². The molecule has 2 heterocycles. The third kappa shape index (κ3) is 7.67. The molecule has 0 aromatic heterocycles. The first-order valence-corrected chi connectivity index (χ1v) is 15.5. The van der Waals surface area contributed by atoms with Crippen LogP contribution < -0.4 is 4.74 Å². The van der Waals surface area contributed by atoms with Crippen LogP contribution in [-0.4, -0.2) is 45.9 Å². The number of hydrogen-bond acceptors (Lipinski definition) is 4. The Balaban J connectivity index is 0.000000570. The number of aliphatic hydroxyl groups is 1. The van der Waals surface area contributed by atoms with E-state index >= 15 is 0 Å². The number of aliphatic carboxylic acids is 1. The van der Waals surface area contributed by atoms with Crippen molar-refractivity contribution in [3.63, 3.8) is 0 Å². The molecule has 1 fully saturated rings. The second-order valence-corrected chi connectivity index (χ2v) is 12.5. The van der Waals surface area contributed by atoms with Gasteiger partial charge in [0.15, 0.2) is 0 Å². The van der Waals surface area contributed by atoms with E-state index in [0.29, 0.717) is 6.04 Å². The molecule has 0 saturated heterocycles. The van der Waals surface area contributed by atoms with Crippen LogP contribution in [0.3, 0.4) is 0 Å². The van der Waals surface area contributed by atoms with Gasteiger partial charge in [0, 0.05) is 19.1 Å². The van der Waals surface area contributed by atoms with Gasteiger partial charge < -0.3 is 14.9 Å². The summed E-state index contributed by atoms with van der Waals surface area (Å²) in [6.45, 7) is 18.7. The molecule has 0 unspecified atom stereocenters. The number of carboxylic acids is 1. The lowest BCUT2D eigenvalue weighted by molar-refractivity contribution is -0.136. The summed E-state index contributed by atoms with van der Waals surface area (Å²) in [4.78, 5) is 14.6. The van der Waals surface area contributed by atoms with Crippen LogP contribution in [0.4, 0.5) is 0 Å². The lowest BCUT2D eigenvalue weighted by atomic mass is 9.79. The zero-order valence-corrected chi connectivity index (χ0v) is 26.4. The molecule has 0 atom stereocenters. The Hall–Kier alpha value is -2.37. The van der Waals surface area contributed by atoms with Crippen molar-refractivity contribution in [1.82, 2.24) is 4.90 Å². The third-order valence-electron chi connectivity index (χ3n) is 8.48. The number of nitrogens with zero attached hydrogens (tertiary/aromatic N) is 1. The fraction of sp³-hybridized carbons (Fsp3) is 0.629. The SMILES string of the molecule is CC.CC(C)(C)O.Cc1c(-c2c(C)c3c(c(C)c2CC(=O)O)CCN(C2CCCCC2)C3)ccc2c1CCCO2. The minimum absolute atomic E-state index is 0.0780. The zero-order chi connectivity index (χ0) is 29.6.